The van der Waals surface area contributed by atoms with E-state index in [0.29, 0.717) is 6.07 Å². The summed E-state index contributed by atoms with van der Waals surface area (Å²) >= 11 is 0. The third-order valence-electron chi connectivity index (χ3n) is 4.39. The summed E-state index contributed by atoms with van der Waals surface area (Å²) in [7, 11) is 0. The summed E-state index contributed by atoms with van der Waals surface area (Å²) in [6, 6.07) is 3.69. The zero-order chi connectivity index (χ0) is 22.1. The summed E-state index contributed by atoms with van der Waals surface area (Å²) in [5.41, 5.74) is -2.01. The van der Waals surface area contributed by atoms with Gasteiger partial charge in [-0.3, -0.25) is 14.3 Å². The molecule has 2 N–H and O–H groups in total. The molecule has 1 aromatic carbocycles. The molecule has 0 bridgehead atoms. The molecule has 162 valence electrons. The first-order valence-corrected chi connectivity index (χ1v) is 8.72. The molecule has 1 aromatic heterocycles. The summed E-state index contributed by atoms with van der Waals surface area (Å²) < 4.78 is 54.2. The first-order chi connectivity index (χ1) is 14.0. The molecule has 1 aliphatic heterocycles. The minimum atomic E-state index is -4.60. The first-order valence-electron chi connectivity index (χ1n) is 8.72. The SMILES string of the molecule is Cc1cn([C@H]2C[C@H](O)[C@@H](COC(=O)Oc3cccc(C(F)(F)F)c3)O2)c(=O)[nH]c1=O. The Hall–Kier alpha value is -3.12. The minimum absolute atomic E-state index is 0.0118. The number of nitrogens with one attached hydrogen (secondary N) is 1. The maximum atomic E-state index is 12.7. The standard InChI is InChI=1S/C18H17F3N2O7/c1-9-7-23(16(26)22-15(9)25)14-6-12(24)13(30-14)8-28-17(27)29-11-4-2-3-10(5-11)18(19,20)21/h2-5,7,12-14,24H,6,8H2,1H3,(H,22,25,26)/t12-,13+,14+/m0/s1. The number of nitrogens with zero attached hydrogens (tertiary/aromatic N) is 1. The largest absolute Gasteiger partial charge is 0.513 e. The number of alkyl halides is 3. The van der Waals surface area contributed by atoms with E-state index >= 15 is 0 Å². The molecule has 2 heterocycles. The third kappa shape index (κ3) is 4.89. The topological polar surface area (TPSA) is 120 Å². The lowest BCUT2D eigenvalue weighted by atomic mass is 10.2. The lowest BCUT2D eigenvalue weighted by molar-refractivity contribution is -0.137. The van der Waals surface area contributed by atoms with Crippen molar-refractivity contribution in [2.24, 2.45) is 0 Å². The molecule has 9 nitrogen and oxygen atoms in total. The molecule has 30 heavy (non-hydrogen) atoms. The molecule has 0 unspecified atom stereocenters. The van der Waals surface area contributed by atoms with Gasteiger partial charge in [0.1, 0.15) is 24.7 Å². The number of aromatic amines is 1. The Kier molecular flexibility index (Phi) is 5.99. The van der Waals surface area contributed by atoms with Crippen LogP contribution in [-0.2, 0) is 15.7 Å². The van der Waals surface area contributed by atoms with Crippen LogP contribution in [0.25, 0.3) is 0 Å². The van der Waals surface area contributed by atoms with Crippen LogP contribution in [0.5, 0.6) is 5.75 Å². The maximum absolute atomic E-state index is 12.7. The number of hydrogen-bond donors (Lipinski definition) is 2. The van der Waals surface area contributed by atoms with Gasteiger partial charge in [-0.2, -0.15) is 13.2 Å². The van der Waals surface area contributed by atoms with E-state index in [1.54, 1.807) is 0 Å². The Bertz CT molecular complexity index is 1050. The third-order valence-corrected chi connectivity index (χ3v) is 4.39. The van der Waals surface area contributed by atoms with E-state index in [1.165, 1.54) is 13.1 Å². The monoisotopic (exact) mass is 430 g/mol. The number of aryl methyl sites for hydroxylation is 1. The highest BCUT2D eigenvalue weighted by Gasteiger charge is 2.37. The van der Waals surface area contributed by atoms with E-state index < -0.39 is 54.2 Å². The summed E-state index contributed by atoms with van der Waals surface area (Å²) in [6.45, 7) is 1.02. The van der Waals surface area contributed by atoms with Gasteiger partial charge in [0.15, 0.2) is 0 Å². The van der Waals surface area contributed by atoms with Gasteiger partial charge in [-0.15, -0.1) is 0 Å². The van der Waals surface area contributed by atoms with Crippen molar-refractivity contribution in [3.8, 4) is 5.75 Å². The van der Waals surface area contributed by atoms with E-state index in [2.05, 4.69) is 4.98 Å². The number of rotatable bonds is 4. The molecule has 0 radical (unpaired) electrons. The molecule has 0 amide bonds. The molecule has 0 saturated carbocycles. The summed E-state index contributed by atoms with van der Waals surface area (Å²) in [5, 5.41) is 10.1. The van der Waals surface area contributed by atoms with Gasteiger partial charge >= 0.3 is 18.0 Å². The number of aromatic nitrogens is 2. The molecular weight excluding hydrogens is 413 g/mol. The van der Waals surface area contributed by atoms with Gasteiger partial charge < -0.3 is 19.3 Å². The van der Waals surface area contributed by atoms with Gasteiger partial charge in [0, 0.05) is 18.2 Å². The predicted octanol–water partition coefficient (Wildman–Crippen LogP) is 1.73. The maximum Gasteiger partial charge on any atom is 0.513 e. The number of halogens is 3. The Labute approximate surface area is 166 Å². The Morgan fingerprint density at radius 2 is 2.10 bits per heavy atom. The van der Waals surface area contributed by atoms with Crippen LogP contribution in [0.1, 0.15) is 23.8 Å². The molecule has 2 aromatic rings. The Morgan fingerprint density at radius 3 is 2.80 bits per heavy atom. The van der Waals surface area contributed by atoms with Gasteiger partial charge in [-0.05, 0) is 25.1 Å². The molecule has 3 rings (SSSR count). The lowest BCUT2D eigenvalue weighted by Gasteiger charge is -2.16. The number of H-pyrrole nitrogens is 1. The summed E-state index contributed by atoms with van der Waals surface area (Å²) in [5.74, 6) is -0.365. The average molecular weight is 430 g/mol. The van der Waals surface area contributed by atoms with E-state index in [-0.39, 0.29) is 17.7 Å². The van der Waals surface area contributed by atoms with Crippen LogP contribution >= 0.6 is 0 Å². The van der Waals surface area contributed by atoms with E-state index in [0.717, 1.165) is 22.8 Å². The second kappa shape index (κ2) is 8.32. The normalized spacial score (nSPS) is 21.4. The first kappa shape index (κ1) is 21.6. The Balaban J connectivity index is 1.59. The number of carbonyl (C=O) groups is 1. The minimum Gasteiger partial charge on any atom is -0.431 e. The molecule has 1 fully saturated rings. The number of hydrogen-bond acceptors (Lipinski definition) is 7. The Morgan fingerprint density at radius 1 is 1.37 bits per heavy atom. The van der Waals surface area contributed by atoms with Crippen LogP contribution in [0, 0.1) is 6.92 Å². The number of ether oxygens (including phenoxy) is 3. The van der Waals surface area contributed by atoms with Crippen molar-refractivity contribution in [2.45, 2.75) is 38.0 Å². The van der Waals surface area contributed by atoms with Crippen molar-refractivity contribution in [1.82, 2.24) is 9.55 Å². The zero-order valence-corrected chi connectivity index (χ0v) is 15.5. The van der Waals surface area contributed by atoms with Crippen LogP contribution in [0.15, 0.2) is 40.1 Å². The molecule has 12 heteroatoms. The number of benzene rings is 1. The van der Waals surface area contributed by atoms with Gasteiger partial charge in [0.05, 0.1) is 11.7 Å². The van der Waals surface area contributed by atoms with Gasteiger partial charge in [0.2, 0.25) is 0 Å². The fraction of sp³-hybridized carbons (Fsp3) is 0.389. The molecule has 0 spiro atoms. The fourth-order valence-corrected chi connectivity index (χ4v) is 2.85. The zero-order valence-electron chi connectivity index (χ0n) is 15.5. The van der Waals surface area contributed by atoms with Crippen molar-refractivity contribution in [2.75, 3.05) is 6.61 Å². The number of carbonyl (C=O) groups excluding carboxylic acids is 1. The van der Waals surface area contributed by atoms with Crippen molar-refractivity contribution in [1.29, 1.82) is 0 Å². The van der Waals surface area contributed by atoms with Crippen molar-refractivity contribution in [3.05, 3.63) is 62.4 Å². The van der Waals surface area contributed by atoms with Crippen molar-refractivity contribution < 1.29 is 37.3 Å². The van der Waals surface area contributed by atoms with Crippen LogP contribution in [0.3, 0.4) is 0 Å². The highest BCUT2D eigenvalue weighted by molar-refractivity contribution is 5.63. The smallest absolute Gasteiger partial charge is 0.431 e. The van der Waals surface area contributed by atoms with E-state index in [1.807, 2.05) is 0 Å². The van der Waals surface area contributed by atoms with Gasteiger partial charge in [0.25, 0.3) is 5.56 Å². The van der Waals surface area contributed by atoms with Crippen molar-refractivity contribution in [3.63, 3.8) is 0 Å². The van der Waals surface area contributed by atoms with E-state index in [4.69, 9.17) is 14.2 Å². The fourth-order valence-electron chi connectivity index (χ4n) is 2.85. The second-order valence-corrected chi connectivity index (χ2v) is 6.60. The summed E-state index contributed by atoms with van der Waals surface area (Å²) in [4.78, 5) is 37.2. The molecular formula is C18H17F3N2O7. The molecule has 3 atom stereocenters. The second-order valence-electron chi connectivity index (χ2n) is 6.60. The molecule has 1 saturated heterocycles. The average Bonchev–Trinajstić information content (AvgIpc) is 3.03. The molecule has 0 aliphatic carbocycles. The molecule has 1 aliphatic rings. The quantitative estimate of drug-likeness (QED) is 0.560. The predicted molar refractivity (Wildman–Crippen MR) is 94.0 cm³/mol. The van der Waals surface area contributed by atoms with Gasteiger partial charge in [-0.1, -0.05) is 6.07 Å². The van der Waals surface area contributed by atoms with E-state index in [9.17, 15) is 32.7 Å². The number of aliphatic hydroxyl groups is 1. The van der Waals surface area contributed by atoms with Crippen LogP contribution in [0.4, 0.5) is 18.0 Å². The highest BCUT2D eigenvalue weighted by Crippen LogP contribution is 2.31. The van der Waals surface area contributed by atoms with Crippen molar-refractivity contribution >= 4 is 6.16 Å². The van der Waals surface area contributed by atoms with Crippen LogP contribution in [-0.4, -0.2) is 39.6 Å². The van der Waals surface area contributed by atoms with Gasteiger partial charge in [-0.25, -0.2) is 9.59 Å². The highest BCUT2D eigenvalue weighted by atomic mass is 19.4. The van der Waals surface area contributed by atoms with Crippen LogP contribution < -0.4 is 16.0 Å². The lowest BCUT2D eigenvalue weighted by Crippen LogP contribution is -2.33. The number of aliphatic hydroxyl groups excluding tert-OH is 1. The van der Waals surface area contributed by atoms with Crippen LogP contribution in [0.2, 0.25) is 0 Å². The summed E-state index contributed by atoms with van der Waals surface area (Å²) in [6.07, 6.45) is -7.63.